The zero-order valence-electron chi connectivity index (χ0n) is 10.8. The van der Waals surface area contributed by atoms with Crippen molar-refractivity contribution in [2.45, 2.75) is 38.4 Å². The number of benzene rings is 1. The summed E-state index contributed by atoms with van der Waals surface area (Å²) in [6.07, 6.45) is 4.05. The highest BCUT2D eigenvalue weighted by Gasteiger charge is 2.38. The maximum Gasteiger partial charge on any atom is 0.245 e. The van der Waals surface area contributed by atoms with Crippen molar-refractivity contribution in [3.05, 3.63) is 35.9 Å². The van der Waals surface area contributed by atoms with Gasteiger partial charge in [-0.05, 0) is 31.2 Å². The lowest BCUT2D eigenvalue weighted by Crippen LogP contribution is -2.39. The Bertz CT molecular complexity index is 427. The molecule has 1 aliphatic carbocycles. The third kappa shape index (κ3) is 2.03. The molecule has 0 aromatic heterocycles. The summed E-state index contributed by atoms with van der Waals surface area (Å²) in [5.41, 5.74) is 1.07. The summed E-state index contributed by atoms with van der Waals surface area (Å²) in [6, 6.07) is 9.86. The molecule has 0 spiro atoms. The highest BCUT2D eigenvalue weighted by atomic mass is 16.2. The molecule has 2 aliphatic rings. The van der Waals surface area contributed by atoms with Crippen molar-refractivity contribution in [2.75, 3.05) is 6.54 Å². The molecule has 1 aromatic rings. The molecule has 96 valence electrons. The number of carbonyl (C=O) groups excluding carboxylic acids is 1. The quantitative estimate of drug-likeness (QED) is 0.885. The lowest BCUT2D eigenvalue weighted by molar-refractivity contribution is -0.130. The molecule has 1 saturated heterocycles. The minimum atomic E-state index is -0.152. The van der Waals surface area contributed by atoms with Gasteiger partial charge in [0.1, 0.15) is 6.04 Å². The van der Waals surface area contributed by atoms with Gasteiger partial charge in [0.2, 0.25) is 5.91 Å². The van der Waals surface area contributed by atoms with E-state index in [2.05, 4.69) is 12.2 Å². The van der Waals surface area contributed by atoms with Crippen molar-refractivity contribution < 1.29 is 4.79 Å². The predicted molar refractivity (Wildman–Crippen MR) is 70.8 cm³/mol. The third-order valence-corrected chi connectivity index (χ3v) is 4.22. The normalized spacial score (nSPS) is 28.5. The van der Waals surface area contributed by atoms with E-state index in [4.69, 9.17) is 0 Å². The van der Waals surface area contributed by atoms with Gasteiger partial charge in [0.15, 0.2) is 0 Å². The number of hydrogen-bond acceptors (Lipinski definition) is 2. The van der Waals surface area contributed by atoms with E-state index in [1.54, 1.807) is 0 Å². The number of rotatable bonds is 3. The van der Waals surface area contributed by atoms with Crippen LogP contribution in [-0.4, -0.2) is 23.5 Å². The van der Waals surface area contributed by atoms with Gasteiger partial charge in [-0.3, -0.25) is 10.1 Å². The van der Waals surface area contributed by atoms with Crippen LogP contribution < -0.4 is 5.32 Å². The molecule has 2 unspecified atom stereocenters. The van der Waals surface area contributed by atoms with Crippen molar-refractivity contribution >= 4 is 5.91 Å². The summed E-state index contributed by atoms with van der Waals surface area (Å²) < 4.78 is 0. The SMILES string of the molecule is CC1NC(c2ccccc2)C(=O)N1CC1CCC1. The largest absolute Gasteiger partial charge is 0.325 e. The fraction of sp³-hybridized carbons (Fsp3) is 0.533. The monoisotopic (exact) mass is 244 g/mol. The first-order chi connectivity index (χ1) is 8.75. The molecule has 0 radical (unpaired) electrons. The maximum absolute atomic E-state index is 12.5. The number of nitrogens with zero attached hydrogens (tertiary/aromatic N) is 1. The van der Waals surface area contributed by atoms with Gasteiger partial charge in [0, 0.05) is 6.54 Å². The zero-order chi connectivity index (χ0) is 12.5. The Labute approximate surface area is 108 Å². The Morgan fingerprint density at radius 3 is 2.61 bits per heavy atom. The molecule has 2 atom stereocenters. The Balaban J connectivity index is 1.73. The molecule has 1 amide bonds. The van der Waals surface area contributed by atoms with Crippen LogP contribution in [-0.2, 0) is 4.79 Å². The molecule has 1 heterocycles. The van der Waals surface area contributed by atoms with Gasteiger partial charge < -0.3 is 4.90 Å². The molecule has 2 fully saturated rings. The van der Waals surface area contributed by atoms with Gasteiger partial charge in [-0.1, -0.05) is 36.8 Å². The lowest BCUT2D eigenvalue weighted by atomic mass is 9.85. The lowest BCUT2D eigenvalue weighted by Gasteiger charge is -2.31. The molecule has 1 aliphatic heterocycles. The molecule has 3 rings (SSSR count). The van der Waals surface area contributed by atoms with Crippen molar-refractivity contribution in [1.29, 1.82) is 0 Å². The van der Waals surface area contributed by atoms with E-state index >= 15 is 0 Å². The van der Waals surface area contributed by atoms with Gasteiger partial charge in [-0.25, -0.2) is 0 Å². The Kier molecular flexibility index (Phi) is 3.08. The van der Waals surface area contributed by atoms with E-state index in [1.165, 1.54) is 19.3 Å². The van der Waals surface area contributed by atoms with E-state index < -0.39 is 0 Å². The molecule has 1 saturated carbocycles. The van der Waals surface area contributed by atoms with Crippen LogP contribution in [0.25, 0.3) is 0 Å². The highest BCUT2D eigenvalue weighted by molar-refractivity contribution is 5.85. The Morgan fingerprint density at radius 2 is 2.00 bits per heavy atom. The summed E-state index contributed by atoms with van der Waals surface area (Å²) in [6.45, 7) is 3.01. The average molecular weight is 244 g/mol. The summed E-state index contributed by atoms with van der Waals surface area (Å²) in [7, 11) is 0. The average Bonchev–Trinajstić information content (AvgIpc) is 2.61. The van der Waals surface area contributed by atoms with Crippen molar-refractivity contribution in [3.8, 4) is 0 Å². The van der Waals surface area contributed by atoms with E-state index in [0.717, 1.165) is 18.0 Å². The van der Waals surface area contributed by atoms with Crippen LogP contribution in [0.15, 0.2) is 30.3 Å². The smallest absolute Gasteiger partial charge is 0.245 e. The van der Waals surface area contributed by atoms with Gasteiger partial charge >= 0.3 is 0 Å². The van der Waals surface area contributed by atoms with Gasteiger partial charge in [-0.15, -0.1) is 0 Å². The predicted octanol–water partition coefficient (Wildman–Crippen LogP) is 2.31. The molecule has 1 aromatic carbocycles. The van der Waals surface area contributed by atoms with Crippen LogP contribution in [0.5, 0.6) is 0 Å². The van der Waals surface area contributed by atoms with Crippen molar-refractivity contribution in [1.82, 2.24) is 10.2 Å². The van der Waals surface area contributed by atoms with Crippen LogP contribution in [0.2, 0.25) is 0 Å². The van der Waals surface area contributed by atoms with Crippen molar-refractivity contribution in [3.63, 3.8) is 0 Å². The summed E-state index contributed by atoms with van der Waals surface area (Å²) in [4.78, 5) is 14.5. The van der Waals surface area contributed by atoms with E-state index in [0.29, 0.717) is 0 Å². The maximum atomic E-state index is 12.5. The summed E-state index contributed by atoms with van der Waals surface area (Å²) in [5, 5.41) is 3.40. The minimum absolute atomic E-state index is 0.152. The minimum Gasteiger partial charge on any atom is -0.325 e. The van der Waals surface area contributed by atoms with E-state index in [1.807, 2.05) is 35.2 Å². The molecule has 18 heavy (non-hydrogen) atoms. The number of carbonyl (C=O) groups is 1. The second-order valence-corrected chi connectivity index (χ2v) is 5.47. The Hall–Kier alpha value is -1.35. The molecular formula is C15H20N2O. The molecule has 1 N–H and O–H groups in total. The Morgan fingerprint density at radius 1 is 1.28 bits per heavy atom. The summed E-state index contributed by atoms with van der Waals surface area (Å²) >= 11 is 0. The first-order valence-electron chi connectivity index (χ1n) is 6.87. The number of amides is 1. The van der Waals surface area contributed by atoms with Gasteiger partial charge in [0.25, 0.3) is 0 Å². The first kappa shape index (κ1) is 11.7. The molecule has 0 bridgehead atoms. The van der Waals surface area contributed by atoms with Crippen LogP contribution in [0.1, 0.15) is 37.8 Å². The van der Waals surface area contributed by atoms with Crippen LogP contribution >= 0.6 is 0 Å². The second-order valence-electron chi connectivity index (χ2n) is 5.47. The van der Waals surface area contributed by atoms with Crippen LogP contribution in [0.4, 0.5) is 0 Å². The van der Waals surface area contributed by atoms with Gasteiger partial charge in [-0.2, -0.15) is 0 Å². The molecule has 3 nitrogen and oxygen atoms in total. The molecule has 3 heteroatoms. The zero-order valence-corrected chi connectivity index (χ0v) is 10.8. The third-order valence-electron chi connectivity index (χ3n) is 4.22. The van der Waals surface area contributed by atoms with Crippen molar-refractivity contribution in [2.24, 2.45) is 5.92 Å². The number of nitrogens with one attached hydrogen (secondary N) is 1. The topological polar surface area (TPSA) is 32.3 Å². The first-order valence-corrected chi connectivity index (χ1v) is 6.87. The fourth-order valence-electron chi connectivity index (χ4n) is 2.85. The van der Waals surface area contributed by atoms with E-state index in [-0.39, 0.29) is 18.1 Å². The molecular weight excluding hydrogens is 224 g/mol. The standard InChI is InChI=1S/C15H20N2O/c1-11-16-14(13-8-3-2-4-9-13)15(18)17(11)10-12-6-5-7-12/h2-4,8-9,11-12,14,16H,5-7,10H2,1H3. The van der Waals surface area contributed by atoms with Gasteiger partial charge in [0.05, 0.1) is 6.17 Å². The number of hydrogen-bond donors (Lipinski definition) is 1. The second kappa shape index (κ2) is 4.73. The van der Waals surface area contributed by atoms with Crippen LogP contribution in [0, 0.1) is 5.92 Å². The summed E-state index contributed by atoms with van der Waals surface area (Å²) in [5.74, 6) is 0.966. The highest BCUT2D eigenvalue weighted by Crippen LogP contribution is 2.31. The van der Waals surface area contributed by atoms with E-state index in [9.17, 15) is 4.79 Å². The van der Waals surface area contributed by atoms with Crippen LogP contribution in [0.3, 0.4) is 0 Å². The fourth-order valence-corrected chi connectivity index (χ4v) is 2.85.